The van der Waals surface area contributed by atoms with E-state index in [4.69, 9.17) is 11.6 Å². The molecule has 10 nitrogen and oxygen atoms in total. The van der Waals surface area contributed by atoms with Crippen LogP contribution in [0.3, 0.4) is 0 Å². The van der Waals surface area contributed by atoms with Crippen LogP contribution in [-0.2, 0) is 22.8 Å². The van der Waals surface area contributed by atoms with Crippen LogP contribution in [-0.4, -0.2) is 73.0 Å². The molecule has 1 fully saturated rings. The van der Waals surface area contributed by atoms with Crippen molar-refractivity contribution in [1.82, 2.24) is 14.9 Å². The lowest BCUT2D eigenvalue weighted by molar-refractivity contribution is 0.119. The van der Waals surface area contributed by atoms with Crippen LogP contribution in [0.2, 0.25) is 5.02 Å². The van der Waals surface area contributed by atoms with Crippen LogP contribution >= 0.6 is 11.6 Å². The molecule has 2 aliphatic rings. The molecule has 1 N–H and O–H groups in total. The second-order valence-corrected chi connectivity index (χ2v) is 11.6. The van der Waals surface area contributed by atoms with Crippen LogP contribution in [0.1, 0.15) is 17.7 Å². The van der Waals surface area contributed by atoms with Crippen molar-refractivity contribution in [2.24, 2.45) is 0 Å². The number of carboxylic acid groups (broad SMARTS) is 1. The maximum Gasteiger partial charge on any atom is 0.407 e. The minimum atomic E-state index is -3.71. The number of nitrogens with zero attached hydrogens (tertiary/aromatic N) is 6. The first kappa shape index (κ1) is 25.0. The smallest absolute Gasteiger partial charge is 0.407 e. The summed E-state index contributed by atoms with van der Waals surface area (Å²) in [6, 6.07) is 13.2. The van der Waals surface area contributed by atoms with Gasteiger partial charge >= 0.3 is 6.09 Å². The number of rotatable bonds is 4. The van der Waals surface area contributed by atoms with E-state index in [-0.39, 0.29) is 24.7 Å². The zero-order valence-corrected chi connectivity index (χ0v) is 21.7. The molecule has 0 bridgehead atoms. The Morgan fingerprint density at radius 2 is 1.92 bits per heavy atom. The highest BCUT2D eigenvalue weighted by atomic mass is 35.5. The molecular weight excluding hydrogens is 516 g/mol. The highest BCUT2D eigenvalue weighted by Gasteiger charge is 2.34. The molecule has 3 aromatic rings. The first-order valence-corrected chi connectivity index (χ1v) is 14.1. The van der Waals surface area contributed by atoms with Gasteiger partial charge in [0.05, 0.1) is 35.8 Å². The molecule has 1 aromatic heterocycles. The van der Waals surface area contributed by atoms with Gasteiger partial charge in [0.25, 0.3) is 0 Å². The minimum Gasteiger partial charge on any atom is -0.465 e. The van der Waals surface area contributed by atoms with Crippen LogP contribution in [0, 0.1) is 11.3 Å². The molecule has 12 heteroatoms. The van der Waals surface area contributed by atoms with Crippen molar-refractivity contribution in [3.63, 3.8) is 0 Å². The van der Waals surface area contributed by atoms with Gasteiger partial charge in [-0.1, -0.05) is 35.9 Å². The Hall–Kier alpha value is -3.62. The van der Waals surface area contributed by atoms with Crippen molar-refractivity contribution in [2.75, 3.05) is 42.2 Å². The third kappa shape index (κ3) is 4.74. The second-order valence-electron chi connectivity index (χ2n) is 9.25. The number of aromatic nitrogens is 2. The third-order valence-electron chi connectivity index (χ3n) is 6.88. The lowest BCUT2D eigenvalue weighted by atomic mass is 10.0. The molecule has 3 heterocycles. The van der Waals surface area contributed by atoms with E-state index in [0.717, 1.165) is 28.3 Å². The number of hydrogen-bond donors (Lipinski definition) is 1. The molecule has 1 atom stereocenters. The summed E-state index contributed by atoms with van der Waals surface area (Å²) in [5.74, 6) is 0.494. The van der Waals surface area contributed by atoms with Gasteiger partial charge in [-0.25, -0.2) is 23.2 Å². The standard InChI is InChI=1S/C25H25ClN6O4S/c1-37(35,36)24-28-20-15-30(21-7-3-5-16-4-2-6-19(26)22(16)21)11-9-18(20)23(29-24)31-12-13-32(25(33)34)17(14-31)8-10-27/h2-7,17H,8-9,11-15H2,1H3,(H,33,34). The summed E-state index contributed by atoms with van der Waals surface area (Å²) in [6.07, 6.45) is 0.595. The number of sulfone groups is 1. The molecular formula is C25H25ClN6O4S. The normalized spacial score (nSPS) is 18.0. The van der Waals surface area contributed by atoms with Crippen LogP contribution in [0.5, 0.6) is 0 Å². The summed E-state index contributed by atoms with van der Waals surface area (Å²) in [4.78, 5) is 25.9. The Balaban J connectivity index is 1.55. The minimum absolute atomic E-state index is 0.0324. The monoisotopic (exact) mass is 540 g/mol. The maximum absolute atomic E-state index is 12.5. The highest BCUT2D eigenvalue weighted by molar-refractivity contribution is 7.90. The number of benzene rings is 2. The number of carbonyl (C=O) groups is 1. The molecule has 0 saturated carbocycles. The number of hydrogen-bond acceptors (Lipinski definition) is 8. The van der Waals surface area contributed by atoms with E-state index in [1.165, 1.54) is 4.90 Å². The van der Waals surface area contributed by atoms with E-state index in [2.05, 4.69) is 20.9 Å². The van der Waals surface area contributed by atoms with Crippen molar-refractivity contribution in [3.05, 3.63) is 52.7 Å². The average Bonchev–Trinajstić information content (AvgIpc) is 2.87. The number of halogens is 1. The Morgan fingerprint density at radius 3 is 2.62 bits per heavy atom. The number of piperazine rings is 1. The van der Waals surface area contributed by atoms with Gasteiger partial charge in [0.2, 0.25) is 15.0 Å². The van der Waals surface area contributed by atoms with Gasteiger partial charge in [-0.05, 0) is 23.9 Å². The van der Waals surface area contributed by atoms with Crippen LogP contribution in [0.25, 0.3) is 10.8 Å². The second kappa shape index (κ2) is 9.68. The van der Waals surface area contributed by atoms with E-state index in [9.17, 15) is 23.6 Å². The zero-order chi connectivity index (χ0) is 26.3. The summed E-state index contributed by atoms with van der Waals surface area (Å²) >= 11 is 6.56. The zero-order valence-electron chi connectivity index (χ0n) is 20.1. The molecule has 0 aliphatic carbocycles. The first-order valence-electron chi connectivity index (χ1n) is 11.8. The molecule has 1 unspecified atom stereocenters. The Morgan fingerprint density at radius 1 is 1.16 bits per heavy atom. The van der Waals surface area contributed by atoms with E-state index in [1.54, 1.807) is 0 Å². The Labute approximate surface area is 219 Å². The van der Waals surface area contributed by atoms with Crippen molar-refractivity contribution >= 4 is 49.8 Å². The largest absolute Gasteiger partial charge is 0.465 e. The molecule has 0 spiro atoms. The topological polar surface area (TPSA) is 131 Å². The van der Waals surface area contributed by atoms with Gasteiger partial charge in [-0.15, -0.1) is 0 Å². The molecule has 0 radical (unpaired) electrons. The fourth-order valence-electron chi connectivity index (χ4n) is 5.14. The number of amides is 1. The van der Waals surface area contributed by atoms with Crippen molar-refractivity contribution in [3.8, 4) is 6.07 Å². The van der Waals surface area contributed by atoms with Crippen LogP contribution < -0.4 is 9.80 Å². The summed E-state index contributed by atoms with van der Waals surface area (Å²) < 4.78 is 25.1. The van der Waals surface area contributed by atoms with E-state index in [0.29, 0.717) is 42.6 Å². The highest BCUT2D eigenvalue weighted by Crippen LogP contribution is 2.37. The maximum atomic E-state index is 12.5. The summed E-state index contributed by atoms with van der Waals surface area (Å²) in [7, 11) is -3.71. The molecule has 2 aliphatic heterocycles. The molecule has 2 aromatic carbocycles. The van der Waals surface area contributed by atoms with Gasteiger partial charge in [0.15, 0.2) is 0 Å². The van der Waals surface area contributed by atoms with Gasteiger partial charge in [-0.2, -0.15) is 5.26 Å². The van der Waals surface area contributed by atoms with E-state index in [1.807, 2.05) is 41.3 Å². The first-order chi connectivity index (χ1) is 17.7. The molecule has 1 amide bonds. The fraction of sp³-hybridized carbons (Fsp3) is 0.360. The van der Waals surface area contributed by atoms with Gasteiger partial charge in [0, 0.05) is 49.1 Å². The molecule has 37 heavy (non-hydrogen) atoms. The number of nitriles is 1. The summed E-state index contributed by atoms with van der Waals surface area (Å²) in [5, 5.41) is 21.1. The fourth-order valence-corrected chi connectivity index (χ4v) is 5.95. The average molecular weight is 541 g/mol. The third-order valence-corrected chi connectivity index (χ3v) is 8.04. The summed E-state index contributed by atoms with van der Waals surface area (Å²) in [5.41, 5.74) is 2.40. The number of fused-ring (bicyclic) bond motifs is 2. The van der Waals surface area contributed by atoms with E-state index < -0.39 is 22.0 Å². The van der Waals surface area contributed by atoms with Crippen LogP contribution in [0.15, 0.2) is 41.6 Å². The lowest BCUT2D eigenvalue weighted by Crippen LogP contribution is -2.55. The van der Waals surface area contributed by atoms with Crippen molar-refractivity contribution in [1.29, 1.82) is 5.26 Å². The predicted molar refractivity (Wildman–Crippen MR) is 140 cm³/mol. The molecule has 5 rings (SSSR count). The number of anilines is 2. The van der Waals surface area contributed by atoms with E-state index >= 15 is 0 Å². The lowest BCUT2D eigenvalue weighted by Gasteiger charge is -2.41. The van der Waals surface area contributed by atoms with Crippen LogP contribution in [0.4, 0.5) is 16.3 Å². The van der Waals surface area contributed by atoms with Crippen molar-refractivity contribution in [2.45, 2.75) is 30.6 Å². The molecule has 192 valence electrons. The Bertz CT molecular complexity index is 1530. The predicted octanol–water partition coefficient (Wildman–Crippen LogP) is 3.33. The summed E-state index contributed by atoms with van der Waals surface area (Å²) in [6.45, 7) is 1.78. The SMILES string of the molecule is CS(=O)(=O)c1nc2c(c(N3CCN(C(=O)O)C(CC#N)C3)n1)CCN(c1cccc3cccc(Cl)c13)C2. The van der Waals surface area contributed by atoms with Gasteiger partial charge < -0.3 is 19.8 Å². The molecule has 1 saturated heterocycles. The van der Waals surface area contributed by atoms with Gasteiger partial charge in [-0.3, -0.25) is 0 Å². The van der Waals surface area contributed by atoms with Crippen molar-refractivity contribution < 1.29 is 18.3 Å². The Kier molecular flexibility index (Phi) is 6.56. The van der Waals surface area contributed by atoms with Gasteiger partial charge in [0.1, 0.15) is 5.82 Å². The quantitative estimate of drug-likeness (QED) is 0.495.